The molecular weight excluding hydrogens is 316 g/mol. The quantitative estimate of drug-likeness (QED) is 0.643. The van der Waals surface area contributed by atoms with Crippen LogP contribution in [0.25, 0.3) is 0 Å². The fraction of sp³-hybridized carbons (Fsp3) is 0.286. The molecular formula is C14H14N6O4. The van der Waals surface area contributed by atoms with Crippen molar-refractivity contribution < 1.29 is 14.5 Å². The third kappa shape index (κ3) is 3.37. The lowest BCUT2D eigenvalue weighted by Crippen LogP contribution is -2.24. The topological polar surface area (TPSA) is 123 Å². The molecule has 24 heavy (non-hydrogen) atoms. The second-order valence-corrected chi connectivity index (χ2v) is 5.25. The minimum absolute atomic E-state index is 0.0633. The smallest absolute Gasteiger partial charge is 0.390 e. The van der Waals surface area contributed by atoms with Crippen LogP contribution in [0.3, 0.4) is 0 Å². The number of benzene rings is 1. The van der Waals surface area contributed by atoms with Crippen LogP contribution in [0, 0.1) is 10.1 Å². The van der Waals surface area contributed by atoms with Crippen LogP contribution < -0.4 is 10.2 Å². The maximum Gasteiger partial charge on any atom is 0.490 e. The highest BCUT2D eigenvalue weighted by Gasteiger charge is 2.22. The highest BCUT2D eigenvalue weighted by atomic mass is 16.6. The van der Waals surface area contributed by atoms with E-state index in [4.69, 9.17) is 0 Å². The molecule has 124 valence electrons. The van der Waals surface area contributed by atoms with Gasteiger partial charge in [-0.05, 0) is 29.5 Å². The molecule has 1 aliphatic rings. The Balaban J connectivity index is 1.65. The maximum atomic E-state index is 12.0. The lowest BCUT2D eigenvalue weighted by Gasteiger charge is -2.16. The Hall–Kier alpha value is -3.30. The fourth-order valence-corrected chi connectivity index (χ4v) is 2.47. The van der Waals surface area contributed by atoms with E-state index >= 15 is 0 Å². The average molecular weight is 330 g/mol. The van der Waals surface area contributed by atoms with Crippen LogP contribution in [0.5, 0.6) is 0 Å². The van der Waals surface area contributed by atoms with Gasteiger partial charge in [-0.1, -0.05) is 11.1 Å². The molecule has 2 aromatic rings. The van der Waals surface area contributed by atoms with Gasteiger partial charge in [0.25, 0.3) is 0 Å². The van der Waals surface area contributed by atoms with Crippen LogP contribution in [0.4, 0.5) is 17.3 Å². The summed E-state index contributed by atoms with van der Waals surface area (Å²) in [5, 5.41) is 16.8. The van der Waals surface area contributed by atoms with Crippen molar-refractivity contribution in [2.24, 2.45) is 0 Å². The zero-order valence-electron chi connectivity index (χ0n) is 12.6. The van der Waals surface area contributed by atoms with Gasteiger partial charge in [-0.25, -0.2) is 0 Å². The van der Waals surface area contributed by atoms with Gasteiger partial charge in [0.05, 0.1) is 0 Å². The minimum Gasteiger partial charge on any atom is -0.390 e. The normalized spacial score (nSPS) is 14.0. The Labute approximate surface area is 136 Å². The molecule has 0 aliphatic carbocycles. The second-order valence-electron chi connectivity index (χ2n) is 5.25. The number of carbonyl (C=O) groups excluding carboxylic acids is 2. The molecule has 0 atom stereocenters. The van der Waals surface area contributed by atoms with Gasteiger partial charge in [0.2, 0.25) is 18.1 Å². The van der Waals surface area contributed by atoms with Crippen molar-refractivity contribution in [1.82, 2.24) is 14.8 Å². The van der Waals surface area contributed by atoms with Gasteiger partial charge in [0, 0.05) is 29.4 Å². The van der Waals surface area contributed by atoms with E-state index in [1.54, 1.807) is 29.2 Å². The number of hydrogen-bond acceptors (Lipinski definition) is 6. The van der Waals surface area contributed by atoms with Crippen molar-refractivity contribution in [3.8, 4) is 0 Å². The fourth-order valence-electron chi connectivity index (χ4n) is 2.47. The summed E-state index contributed by atoms with van der Waals surface area (Å²) < 4.78 is 1.08. The van der Waals surface area contributed by atoms with Crippen molar-refractivity contribution >= 4 is 29.1 Å². The van der Waals surface area contributed by atoms with Crippen molar-refractivity contribution in [2.75, 3.05) is 16.8 Å². The van der Waals surface area contributed by atoms with Crippen molar-refractivity contribution in [2.45, 2.75) is 19.4 Å². The van der Waals surface area contributed by atoms with Gasteiger partial charge < -0.3 is 20.3 Å². The summed E-state index contributed by atoms with van der Waals surface area (Å²) in [7, 11) is 0. The Morgan fingerprint density at radius 3 is 2.92 bits per heavy atom. The number of amides is 2. The zero-order valence-corrected chi connectivity index (χ0v) is 12.6. The molecule has 0 saturated carbocycles. The summed E-state index contributed by atoms with van der Waals surface area (Å²) in [6, 6.07) is 6.97. The number of carbonyl (C=O) groups is 2. The summed E-state index contributed by atoms with van der Waals surface area (Å²) >= 11 is 0. The third-order valence-corrected chi connectivity index (χ3v) is 3.51. The number of rotatable bonds is 5. The van der Waals surface area contributed by atoms with Gasteiger partial charge in [-0.2, -0.15) is 4.68 Å². The molecule has 1 aromatic heterocycles. The molecule has 10 nitrogen and oxygen atoms in total. The van der Waals surface area contributed by atoms with E-state index in [2.05, 4.69) is 15.4 Å². The largest absolute Gasteiger partial charge is 0.490 e. The minimum atomic E-state index is -0.731. The Kier molecular flexibility index (Phi) is 4.18. The number of aromatic nitrogens is 3. The monoisotopic (exact) mass is 330 g/mol. The number of nitrogens with one attached hydrogen (secondary N) is 1. The number of anilines is 2. The molecule has 1 aromatic carbocycles. The van der Waals surface area contributed by atoms with Crippen molar-refractivity contribution in [3.05, 3.63) is 40.7 Å². The lowest BCUT2D eigenvalue weighted by atomic mass is 10.2. The Morgan fingerprint density at radius 2 is 2.25 bits per heavy atom. The third-order valence-electron chi connectivity index (χ3n) is 3.51. The van der Waals surface area contributed by atoms with Gasteiger partial charge >= 0.3 is 5.95 Å². The Bertz CT molecular complexity index is 802. The molecule has 1 N–H and O–H groups in total. The van der Waals surface area contributed by atoms with Gasteiger partial charge in [-0.3, -0.25) is 9.59 Å². The number of nitro groups is 1. The summed E-state index contributed by atoms with van der Waals surface area (Å²) in [6.45, 7) is 0.465. The molecule has 10 heteroatoms. The van der Waals surface area contributed by atoms with Crippen LogP contribution >= 0.6 is 0 Å². The predicted molar refractivity (Wildman–Crippen MR) is 83.3 cm³/mol. The van der Waals surface area contributed by atoms with E-state index in [0.29, 0.717) is 18.7 Å². The first-order valence-electron chi connectivity index (χ1n) is 7.27. The van der Waals surface area contributed by atoms with Gasteiger partial charge in [0.15, 0.2) is 0 Å². The predicted octanol–water partition coefficient (Wildman–Crippen LogP) is 0.952. The molecule has 0 radical (unpaired) electrons. The van der Waals surface area contributed by atoms with E-state index in [0.717, 1.165) is 23.1 Å². The molecule has 0 bridgehead atoms. The molecule has 0 spiro atoms. The van der Waals surface area contributed by atoms with Crippen molar-refractivity contribution in [1.29, 1.82) is 0 Å². The molecule has 3 rings (SSSR count). The van der Waals surface area contributed by atoms with Crippen LogP contribution in [-0.4, -0.2) is 38.0 Å². The van der Waals surface area contributed by atoms with Gasteiger partial charge in [0.1, 0.15) is 6.54 Å². The van der Waals surface area contributed by atoms with Crippen LogP contribution in [0.15, 0.2) is 30.6 Å². The van der Waals surface area contributed by atoms with E-state index < -0.39 is 16.8 Å². The second kappa shape index (κ2) is 6.44. The summed E-state index contributed by atoms with van der Waals surface area (Å²) in [5.74, 6) is -0.898. The standard InChI is InChI=1S/C14H14N6O4/c21-12(8-18-9-15-14(17-18)20(23)24)16-10-3-1-4-11(7-10)19-6-2-5-13(19)22/h1,3-4,7,9H,2,5-6,8H2,(H,16,21). The first kappa shape index (κ1) is 15.6. The number of hydrogen-bond donors (Lipinski definition) is 1. The summed E-state index contributed by atoms with van der Waals surface area (Å²) in [6.07, 6.45) is 2.47. The molecule has 0 unspecified atom stereocenters. The van der Waals surface area contributed by atoms with E-state index in [1.807, 2.05) is 0 Å². The molecule has 2 amide bonds. The number of nitrogens with zero attached hydrogens (tertiary/aromatic N) is 5. The van der Waals surface area contributed by atoms with Crippen LogP contribution in [-0.2, 0) is 16.1 Å². The van der Waals surface area contributed by atoms with E-state index in [-0.39, 0.29) is 12.5 Å². The summed E-state index contributed by atoms with van der Waals surface area (Å²) in [4.78, 5) is 38.7. The van der Waals surface area contributed by atoms with E-state index in [9.17, 15) is 19.7 Å². The molecule has 1 aliphatic heterocycles. The summed E-state index contributed by atoms with van der Waals surface area (Å²) in [5.41, 5.74) is 1.26. The highest BCUT2D eigenvalue weighted by Crippen LogP contribution is 2.24. The molecule has 2 heterocycles. The highest BCUT2D eigenvalue weighted by molar-refractivity contribution is 5.97. The maximum absolute atomic E-state index is 12.0. The SMILES string of the molecule is O=C(Cn1cnc([N+](=O)[O-])n1)Nc1cccc(N2CCCC2=O)c1. The molecule has 1 saturated heterocycles. The lowest BCUT2D eigenvalue weighted by molar-refractivity contribution is -0.394. The van der Waals surface area contributed by atoms with Crippen molar-refractivity contribution in [3.63, 3.8) is 0 Å². The average Bonchev–Trinajstić information content (AvgIpc) is 3.16. The van der Waals surface area contributed by atoms with Gasteiger partial charge in [-0.15, -0.1) is 0 Å². The first-order valence-corrected chi connectivity index (χ1v) is 7.27. The zero-order chi connectivity index (χ0) is 17.1. The van der Waals surface area contributed by atoms with Crippen LogP contribution in [0.2, 0.25) is 0 Å². The first-order chi connectivity index (χ1) is 11.5. The molecule has 1 fully saturated rings. The van der Waals surface area contributed by atoms with Crippen LogP contribution in [0.1, 0.15) is 12.8 Å². The van der Waals surface area contributed by atoms with E-state index in [1.165, 1.54) is 0 Å². The Morgan fingerprint density at radius 1 is 1.42 bits per heavy atom.